The topological polar surface area (TPSA) is 32.3 Å². The van der Waals surface area contributed by atoms with E-state index in [1.165, 1.54) is 44.1 Å². The number of benzene rings is 1. The first kappa shape index (κ1) is 13.4. The Morgan fingerprint density at radius 1 is 1.33 bits per heavy atom. The summed E-state index contributed by atoms with van der Waals surface area (Å²) in [6.45, 7) is 4.44. The molecular formula is C16H25NO. The van der Waals surface area contributed by atoms with Crippen molar-refractivity contribution in [2.75, 3.05) is 13.1 Å². The molecule has 0 aliphatic carbocycles. The Hall–Kier alpha value is -1.02. The van der Waals surface area contributed by atoms with E-state index in [0.29, 0.717) is 5.75 Å². The largest absolute Gasteiger partial charge is 0.508 e. The van der Waals surface area contributed by atoms with Gasteiger partial charge < -0.3 is 10.4 Å². The first-order valence-corrected chi connectivity index (χ1v) is 7.27. The quantitative estimate of drug-likeness (QED) is 0.779. The standard InChI is InChI=1S/C16H25NO/c1-2-3-4-9-16(10-6-11-17-13-16)14-7-5-8-15(18)12-14/h5,7-8,12,17-18H,2-4,6,9-11,13H2,1H3. The first-order valence-electron chi connectivity index (χ1n) is 7.27. The van der Waals surface area contributed by atoms with Crippen LogP contribution in [0, 0.1) is 0 Å². The zero-order chi connectivity index (χ0) is 12.8. The number of nitrogens with one attached hydrogen (secondary N) is 1. The third kappa shape index (κ3) is 3.05. The average Bonchev–Trinajstić information content (AvgIpc) is 2.40. The number of phenolic OH excluding ortho intramolecular Hbond substituents is 1. The molecule has 100 valence electrons. The van der Waals surface area contributed by atoms with Crippen LogP contribution in [0.5, 0.6) is 5.75 Å². The Bertz CT molecular complexity index is 369. The summed E-state index contributed by atoms with van der Waals surface area (Å²) in [7, 11) is 0. The van der Waals surface area contributed by atoms with E-state index in [4.69, 9.17) is 0 Å². The fourth-order valence-corrected chi connectivity index (χ4v) is 3.12. The minimum atomic E-state index is 0.242. The smallest absolute Gasteiger partial charge is 0.115 e. The Labute approximate surface area is 110 Å². The molecule has 2 rings (SSSR count). The highest BCUT2D eigenvalue weighted by molar-refractivity contribution is 5.34. The van der Waals surface area contributed by atoms with Gasteiger partial charge in [0.2, 0.25) is 0 Å². The summed E-state index contributed by atoms with van der Waals surface area (Å²) in [5.74, 6) is 0.396. The summed E-state index contributed by atoms with van der Waals surface area (Å²) in [6, 6.07) is 7.87. The van der Waals surface area contributed by atoms with E-state index in [1.807, 2.05) is 12.1 Å². The lowest BCUT2D eigenvalue weighted by Gasteiger charge is -2.38. The van der Waals surface area contributed by atoms with E-state index in [2.05, 4.69) is 18.3 Å². The number of phenols is 1. The Morgan fingerprint density at radius 3 is 2.89 bits per heavy atom. The number of aromatic hydroxyl groups is 1. The Balaban J connectivity index is 2.17. The molecule has 0 spiro atoms. The van der Waals surface area contributed by atoms with Gasteiger partial charge in [-0.3, -0.25) is 0 Å². The van der Waals surface area contributed by atoms with Gasteiger partial charge in [0.25, 0.3) is 0 Å². The van der Waals surface area contributed by atoms with Crippen LogP contribution < -0.4 is 5.32 Å². The van der Waals surface area contributed by atoms with Crippen LogP contribution in [-0.2, 0) is 5.41 Å². The van der Waals surface area contributed by atoms with E-state index >= 15 is 0 Å². The number of unbranched alkanes of at least 4 members (excludes halogenated alkanes) is 2. The molecule has 1 saturated heterocycles. The van der Waals surface area contributed by atoms with Crippen LogP contribution in [0.1, 0.15) is 51.0 Å². The summed E-state index contributed by atoms with van der Waals surface area (Å²) in [5.41, 5.74) is 1.55. The summed E-state index contributed by atoms with van der Waals surface area (Å²) >= 11 is 0. The highest BCUT2D eigenvalue weighted by atomic mass is 16.3. The zero-order valence-electron chi connectivity index (χ0n) is 11.4. The maximum absolute atomic E-state index is 9.71. The summed E-state index contributed by atoms with van der Waals surface area (Å²) in [4.78, 5) is 0. The lowest BCUT2D eigenvalue weighted by Crippen LogP contribution is -2.43. The molecule has 0 radical (unpaired) electrons. The number of piperidine rings is 1. The molecule has 2 heteroatoms. The lowest BCUT2D eigenvalue weighted by atomic mass is 9.71. The van der Waals surface area contributed by atoms with Gasteiger partial charge in [-0.15, -0.1) is 0 Å². The molecule has 1 aromatic carbocycles. The lowest BCUT2D eigenvalue weighted by molar-refractivity contribution is 0.283. The molecule has 18 heavy (non-hydrogen) atoms. The molecule has 1 aromatic rings. The van der Waals surface area contributed by atoms with Crippen molar-refractivity contribution in [3.05, 3.63) is 29.8 Å². The molecule has 0 aromatic heterocycles. The fraction of sp³-hybridized carbons (Fsp3) is 0.625. The van der Waals surface area contributed by atoms with Crippen molar-refractivity contribution in [3.8, 4) is 5.75 Å². The van der Waals surface area contributed by atoms with Crippen LogP contribution in [0.15, 0.2) is 24.3 Å². The molecule has 1 atom stereocenters. The molecule has 1 unspecified atom stereocenters. The molecule has 1 aliphatic rings. The number of rotatable bonds is 5. The van der Waals surface area contributed by atoms with Crippen LogP contribution in [0.4, 0.5) is 0 Å². The Kier molecular flexibility index (Phi) is 4.65. The van der Waals surface area contributed by atoms with Gasteiger partial charge in [0, 0.05) is 12.0 Å². The van der Waals surface area contributed by atoms with Gasteiger partial charge in [0.05, 0.1) is 0 Å². The molecule has 1 fully saturated rings. The van der Waals surface area contributed by atoms with Crippen LogP contribution >= 0.6 is 0 Å². The van der Waals surface area contributed by atoms with Gasteiger partial charge in [-0.2, -0.15) is 0 Å². The van der Waals surface area contributed by atoms with Gasteiger partial charge in [0.1, 0.15) is 5.75 Å². The average molecular weight is 247 g/mol. The van der Waals surface area contributed by atoms with Crippen LogP contribution in [0.25, 0.3) is 0 Å². The van der Waals surface area contributed by atoms with E-state index in [0.717, 1.165) is 13.1 Å². The number of hydrogen-bond acceptors (Lipinski definition) is 2. The molecule has 0 saturated carbocycles. The second-order valence-corrected chi connectivity index (χ2v) is 5.57. The van der Waals surface area contributed by atoms with Crippen molar-refractivity contribution in [3.63, 3.8) is 0 Å². The normalized spacial score (nSPS) is 24.1. The van der Waals surface area contributed by atoms with E-state index in [9.17, 15) is 5.11 Å². The molecular weight excluding hydrogens is 222 g/mol. The SMILES string of the molecule is CCCCCC1(c2cccc(O)c2)CCCNC1. The zero-order valence-corrected chi connectivity index (χ0v) is 11.4. The van der Waals surface area contributed by atoms with E-state index < -0.39 is 0 Å². The molecule has 0 bridgehead atoms. The molecule has 1 aliphatic heterocycles. The van der Waals surface area contributed by atoms with Crippen molar-refractivity contribution in [2.24, 2.45) is 0 Å². The van der Waals surface area contributed by atoms with E-state index in [1.54, 1.807) is 6.07 Å². The second-order valence-electron chi connectivity index (χ2n) is 5.57. The second kappa shape index (κ2) is 6.24. The fourth-order valence-electron chi connectivity index (χ4n) is 3.12. The van der Waals surface area contributed by atoms with Gasteiger partial charge in [-0.1, -0.05) is 38.3 Å². The highest BCUT2D eigenvalue weighted by Crippen LogP contribution is 2.37. The molecule has 0 amide bonds. The Morgan fingerprint density at radius 2 is 2.22 bits per heavy atom. The van der Waals surface area contributed by atoms with E-state index in [-0.39, 0.29) is 5.41 Å². The predicted molar refractivity (Wildman–Crippen MR) is 76.0 cm³/mol. The minimum Gasteiger partial charge on any atom is -0.508 e. The summed E-state index contributed by atoms with van der Waals surface area (Å²) < 4.78 is 0. The van der Waals surface area contributed by atoms with Gasteiger partial charge in [-0.25, -0.2) is 0 Å². The maximum atomic E-state index is 9.71. The summed E-state index contributed by atoms with van der Waals surface area (Å²) in [5, 5.41) is 13.2. The molecule has 2 nitrogen and oxygen atoms in total. The van der Waals surface area contributed by atoms with Crippen molar-refractivity contribution in [2.45, 2.75) is 50.9 Å². The summed E-state index contributed by atoms with van der Waals surface area (Å²) in [6.07, 6.45) is 7.57. The highest BCUT2D eigenvalue weighted by Gasteiger charge is 2.33. The van der Waals surface area contributed by atoms with Crippen LogP contribution in [0.2, 0.25) is 0 Å². The third-order valence-electron chi connectivity index (χ3n) is 4.19. The third-order valence-corrected chi connectivity index (χ3v) is 4.19. The molecule has 2 N–H and O–H groups in total. The molecule has 1 heterocycles. The van der Waals surface area contributed by atoms with Gasteiger partial charge in [-0.05, 0) is 43.5 Å². The van der Waals surface area contributed by atoms with Crippen molar-refractivity contribution >= 4 is 0 Å². The minimum absolute atomic E-state index is 0.242. The maximum Gasteiger partial charge on any atom is 0.115 e. The van der Waals surface area contributed by atoms with Gasteiger partial charge in [0.15, 0.2) is 0 Å². The number of hydrogen-bond donors (Lipinski definition) is 2. The van der Waals surface area contributed by atoms with Crippen molar-refractivity contribution in [1.82, 2.24) is 5.32 Å². The van der Waals surface area contributed by atoms with Crippen LogP contribution in [0.3, 0.4) is 0 Å². The van der Waals surface area contributed by atoms with Gasteiger partial charge >= 0.3 is 0 Å². The van der Waals surface area contributed by atoms with Crippen LogP contribution in [-0.4, -0.2) is 18.2 Å². The monoisotopic (exact) mass is 247 g/mol. The van der Waals surface area contributed by atoms with Crippen molar-refractivity contribution < 1.29 is 5.11 Å². The first-order chi connectivity index (χ1) is 8.77. The predicted octanol–water partition coefficient (Wildman–Crippen LogP) is 3.59. The van der Waals surface area contributed by atoms with Crippen molar-refractivity contribution in [1.29, 1.82) is 0 Å².